The van der Waals surface area contributed by atoms with Gasteiger partial charge in [-0.2, -0.15) is 0 Å². The topological polar surface area (TPSA) is 9.23 Å². The summed E-state index contributed by atoms with van der Waals surface area (Å²) in [6, 6.07) is 4.71. The average molecular weight is 327 g/mol. The highest BCUT2D eigenvalue weighted by Gasteiger charge is 2.17. The Kier molecular flexibility index (Phi) is 8.78. The number of ether oxygens (including phenoxy) is 1. The largest absolute Gasteiger partial charge is 0.374 e. The first-order chi connectivity index (χ1) is 11.2. The Morgan fingerprint density at radius 3 is 2.46 bits per heavy atom. The summed E-state index contributed by atoms with van der Waals surface area (Å²) in [5, 5.41) is 0. The van der Waals surface area contributed by atoms with E-state index in [1.807, 2.05) is 0 Å². The van der Waals surface area contributed by atoms with Crippen LogP contribution in [0.2, 0.25) is 0 Å². The van der Waals surface area contributed by atoms with Crippen molar-refractivity contribution in [2.45, 2.75) is 66.9 Å². The van der Waals surface area contributed by atoms with E-state index < -0.39 is 0 Å². The van der Waals surface area contributed by atoms with Crippen molar-refractivity contribution in [2.24, 2.45) is 0 Å². The van der Waals surface area contributed by atoms with E-state index in [2.05, 4.69) is 70.2 Å². The van der Waals surface area contributed by atoms with Crippen LogP contribution in [0.3, 0.4) is 0 Å². The maximum absolute atomic E-state index is 5.82. The lowest BCUT2D eigenvalue weighted by Gasteiger charge is -2.20. The zero-order valence-corrected chi connectivity index (χ0v) is 15.1. The molecule has 0 fully saturated rings. The SMILES string of the molecule is C.CCC.CCOC(C)C1=CCC=Cc2cc3c(cc21)C=CCC3. The molecule has 1 heteroatoms. The Labute approximate surface area is 149 Å². The van der Waals surface area contributed by atoms with Gasteiger partial charge in [0.2, 0.25) is 0 Å². The van der Waals surface area contributed by atoms with Gasteiger partial charge < -0.3 is 4.74 Å². The minimum Gasteiger partial charge on any atom is -0.374 e. The molecule has 24 heavy (non-hydrogen) atoms. The Balaban J connectivity index is 0.000000671. The lowest BCUT2D eigenvalue weighted by atomic mass is 9.88. The van der Waals surface area contributed by atoms with Crippen molar-refractivity contribution in [3.63, 3.8) is 0 Å². The van der Waals surface area contributed by atoms with Gasteiger partial charge in [0.15, 0.2) is 0 Å². The average Bonchev–Trinajstić information content (AvgIpc) is 2.75. The van der Waals surface area contributed by atoms with Gasteiger partial charge in [-0.1, -0.05) is 64.1 Å². The molecule has 0 bridgehead atoms. The second-order valence-corrected chi connectivity index (χ2v) is 6.18. The zero-order chi connectivity index (χ0) is 16.7. The summed E-state index contributed by atoms with van der Waals surface area (Å²) in [7, 11) is 0. The fourth-order valence-corrected chi connectivity index (χ4v) is 3.11. The van der Waals surface area contributed by atoms with E-state index in [1.165, 1.54) is 34.2 Å². The number of rotatable bonds is 3. The molecule has 132 valence electrons. The number of aryl methyl sites for hydroxylation is 1. The highest BCUT2D eigenvalue weighted by Crippen LogP contribution is 2.33. The molecule has 0 aliphatic heterocycles. The number of hydrogen-bond donors (Lipinski definition) is 0. The van der Waals surface area contributed by atoms with Gasteiger partial charge in [0.1, 0.15) is 0 Å². The van der Waals surface area contributed by atoms with Gasteiger partial charge in [-0.05, 0) is 67.0 Å². The van der Waals surface area contributed by atoms with Crippen molar-refractivity contribution >= 4 is 17.7 Å². The molecule has 0 heterocycles. The highest BCUT2D eigenvalue weighted by molar-refractivity contribution is 5.80. The molecule has 1 nitrogen and oxygen atoms in total. The summed E-state index contributed by atoms with van der Waals surface area (Å²) in [6.07, 6.45) is 16.1. The molecule has 0 spiro atoms. The molecule has 1 atom stereocenters. The summed E-state index contributed by atoms with van der Waals surface area (Å²) in [5.41, 5.74) is 6.86. The van der Waals surface area contributed by atoms with Gasteiger partial charge in [0.05, 0.1) is 6.10 Å². The Morgan fingerprint density at radius 1 is 1.04 bits per heavy atom. The number of hydrogen-bond acceptors (Lipinski definition) is 1. The molecule has 0 aromatic heterocycles. The first kappa shape index (κ1) is 20.4. The molecule has 3 rings (SSSR count). The molecule has 2 aliphatic rings. The smallest absolute Gasteiger partial charge is 0.0799 e. The highest BCUT2D eigenvalue weighted by atomic mass is 16.5. The van der Waals surface area contributed by atoms with Crippen molar-refractivity contribution in [3.05, 3.63) is 52.6 Å². The molecule has 2 aliphatic carbocycles. The van der Waals surface area contributed by atoms with Crippen LogP contribution in [0.1, 0.15) is 76.6 Å². The van der Waals surface area contributed by atoms with Crippen molar-refractivity contribution < 1.29 is 4.74 Å². The zero-order valence-electron chi connectivity index (χ0n) is 15.1. The standard InChI is InChI=1S/C19H22O.C3H8.CH4/c1-3-20-14(2)18-11-7-6-10-17-12-15-8-4-5-9-16(15)13-19(17)18;1-3-2;/h5-6,9-14H,3-4,7-8H2,1-2H3;3H2,1-2H3;1H4. The quantitative estimate of drug-likeness (QED) is 0.585. The first-order valence-corrected chi connectivity index (χ1v) is 9.03. The van der Waals surface area contributed by atoms with Crippen molar-refractivity contribution in [2.75, 3.05) is 6.61 Å². The minimum absolute atomic E-state index is 0. The van der Waals surface area contributed by atoms with Gasteiger partial charge >= 0.3 is 0 Å². The van der Waals surface area contributed by atoms with Crippen LogP contribution in [-0.4, -0.2) is 12.7 Å². The van der Waals surface area contributed by atoms with E-state index in [9.17, 15) is 0 Å². The van der Waals surface area contributed by atoms with Crippen molar-refractivity contribution in [3.8, 4) is 0 Å². The fraction of sp³-hybridized carbons (Fsp3) is 0.478. The second-order valence-electron chi connectivity index (χ2n) is 6.18. The Hall–Kier alpha value is -1.60. The number of allylic oxidation sites excluding steroid dienone is 3. The van der Waals surface area contributed by atoms with Crippen LogP contribution in [0.25, 0.3) is 17.7 Å². The van der Waals surface area contributed by atoms with Gasteiger partial charge in [-0.25, -0.2) is 0 Å². The molecule has 0 saturated carbocycles. The summed E-state index contributed by atoms with van der Waals surface area (Å²) in [5.74, 6) is 0. The van der Waals surface area contributed by atoms with E-state index in [4.69, 9.17) is 4.74 Å². The monoisotopic (exact) mass is 326 g/mol. The van der Waals surface area contributed by atoms with Crippen molar-refractivity contribution in [1.29, 1.82) is 0 Å². The summed E-state index contributed by atoms with van der Waals surface area (Å²) in [6.45, 7) is 9.22. The van der Waals surface area contributed by atoms with E-state index >= 15 is 0 Å². The van der Waals surface area contributed by atoms with E-state index in [0.717, 1.165) is 25.9 Å². The van der Waals surface area contributed by atoms with Crippen molar-refractivity contribution in [1.82, 2.24) is 0 Å². The van der Waals surface area contributed by atoms with Crippen LogP contribution in [0, 0.1) is 0 Å². The molecule has 0 amide bonds. The maximum Gasteiger partial charge on any atom is 0.0799 e. The molecule has 1 aromatic carbocycles. The Morgan fingerprint density at radius 2 is 1.75 bits per heavy atom. The molecule has 1 aromatic rings. The third kappa shape index (κ3) is 4.95. The predicted molar refractivity (Wildman–Crippen MR) is 109 cm³/mol. The summed E-state index contributed by atoms with van der Waals surface area (Å²) < 4.78 is 5.82. The molecule has 0 saturated heterocycles. The fourth-order valence-electron chi connectivity index (χ4n) is 3.11. The van der Waals surface area contributed by atoms with Crippen LogP contribution in [0.5, 0.6) is 0 Å². The first-order valence-electron chi connectivity index (χ1n) is 9.03. The minimum atomic E-state index is 0. The maximum atomic E-state index is 5.82. The lowest BCUT2D eigenvalue weighted by molar-refractivity contribution is 0.116. The molecule has 0 N–H and O–H groups in total. The molecular weight excluding hydrogens is 292 g/mol. The van der Waals surface area contributed by atoms with E-state index in [-0.39, 0.29) is 13.5 Å². The van der Waals surface area contributed by atoms with Crippen LogP contribution in [-0.2, 0) is 11.2 Å². The number of benzene rings is 1. The van der Waals surface area contributed by atoms with Gasteiger partial charge in [0.25, 0.3) is 0 Å². The lowest BCUT2D eigenvalue weighted by Crippen LogP contribution is -2.12. The van der Waals surface area contributed by atoms with E-state index in [0.29, 0.717) is 0 Å². The van der Waals surface area contributed by atoms with Crippen LogP contribution < -0.4 is 0 Å². The van der Waals surface area contributed by atoms with Gasteiger partial charge in [-0.15, -0.1) is 0 Å². The van der Waals surface area contributed by atoms with Gasteiger partial charge in [-0.3, -0.25) is 0 Å². The predicted octanol–water partition coefficient (Wildman–Crippen LogP) is 6.92. The van der Waals surface area contributed by atoms with Gasteiger partial charge in [0, 0.05) is 6.61 Å². The summed E-state index contributed by atoms with van der Waals surface area (Å²) >= 11 is 0. The van der Waals surface area contributed by atoms with Crippen LogP contribution >= 0.6 is 0 Å². The van der Waals surface area contributed by atoms with E-state index in [1.54, 1.807) is 0 Å². The normalized spacial score (nSPS) is 15.8. The number of fused-ring (bicyclic) bond motifs is 2. The molecule has 1 unspecified atom stereocenters. The third-order valence-electron chi connectivity index (χ3n) is 4.13. The Bertz CT molecular complexity index is 605. The second kappa shape index (κ2) is 10.3. The summed E-state index contributed by atoms with van der Waals surface area (Å²) in [4.78, 5) is 0. The van der Waals surface area contributed by atoms with Crippen LogP contribution in [0.4, 0.5) is 0 Å². The molecule has 0 radical (unpaired) electrons. The third-order valence-corrected chi connectivity index (χ3v) is 4.13. The molecular formula is C23H34O. The van der Waals surface area contributed by atoms with Crippen LogP contribution in [0.15, 0.2) is 30.4 Å².